The largest absolute Gasteiger partial charge is 0.454 e. The molecule has 9 heteroatoms. The van der Waals surface area contributed by atoms with Crippen molar-refractivity contribution in [2.45, 2.75) is 13.5 Å². The molecule has 0 bridgehead atoms. The minimum absolute atomic E-state index is 0.155. The van der Waals surface area contributed by atoms with E-state index in [1.807, 2.05) is 0 Å². The Balaban J connectivity index is 1.72. The van der Waals surface area contributed by atoms with Crippen LogP contribution in [0.4, 0.5) is 0 Å². The highest BCUT2D eigenvalue weighted by molar-refractivity contribution is 6.33. The van der Waals surface area contributed by atoms with Gasteiger partial charge in [0.1, 0.15) is 10.7 Å². The van der Waals surface area contributed by atoms with Crippen molar-refractivity contribution in [3.63, 3.8) is 0 Å². The molecule has 0 unspecified atom stereocenters. The van der Waals surface area contributed by atoms with Gasteiger partial charge in [0.05, 0.1) is 16.3 Å². The fourth-order valence-corrected chi connectivity index (χ4v) is 2.59. The van der Waals surface area contributed by atoms with Gasteiger partial charge >= 0.3 is 5.97 Å². The molecule has 0 saturated carbocycles. The monoisotopic (exact) mass is 366 g/mol. The number of carbonyl (C=O) groups is 1. The van der Waals surface area contributed by atoms with Crippen molar-refractivity contribution < 1.29 is 14.1 Å². The summed E-state index contributed by atoms with van der Waals surface area (Å²) in [7, 11) is 1.64. The van der Waals surface area contributed by atoms with Crippen molar-refractivity contribution in [3.05, 3.63) is 51.5 Å². The van der Waals surface area contributed by atoms with E-state index in [9.17, 15) is 4.79 Å². The van der Waals surface area contributed by atoms with Gasteiger partial charge in [0, 0.05) is 7.05 Å². The molecule has 3 aromatic rings. The molecule has 0 N–H and O–H groups in total. The maximum absolute atomic E-state index is 12.1. The quantitative estimate of drug-likeness (QED) is 0.657. The van der Waals surface area contributed by atoms with Gasteiger partial charge in [-0.05, 0) is 19.1 Å². The Morgan fingerprint density at radius 2 is 2.08 bits per heavy atom. The molecule has 0 radical (unpaired) electrons. The topological polar surface area (TPSA) is 83.0 Å². The lowest BCUT2D eigenvalue weighted by Gasteiger charge is -2.01. The van der Waals surface area contributed by atoms with E-state index in [0.29, 0.717) is 16.3 Å². The van der Waals surface area contributed by atoms with Crippen LogP contribution in [0.1, 0.15) is 21.9 Å². The minimum atomic E-state index is -0.602. The minimum Gasteiger partial charge on any atom is -0.454 e. The van der Waals surface area contributed by atoms with Crippen molar-refractivity contribution in [2.75, 3.05) is 0 Å². The summed E-state index contributed by atoms with van der Waals surface area (Å²) in [5.41, 5.74) is 1.31. The molecule has 24 heavy (non-hydrogen) atoms. The summed E-state index contributed by atoms with van der Waals surface area (Å²) in [5.74, 6) is -0.132. The first-order valence-corrected chi connectivity index (χ1v) is 7.66. The van der Waals surface area contributed by atoms with Crippen LogP contribution in [0.25, 0.3) is 11.5 Å². The third kappa shape index (κ3) is 3.13. The lowest BCUT2D eigenvalue weighted by atomic mass is 10.2. The predicted molar refractivity (Wildman–Crippen MR) is 86.8 cm³/mol. The maximum atomic E-state index is 12.1. The van der Waals surface area contributed by atoms with E-state index < -0.39 is 5.97 Å². The highest BCUT2D eigenvalue weighted by Gasteiger charge is 2.21. The molecule has 2 heterocycles. The number of halogens is 2. The zero-order chi connectivity index (χ0) is 17.3. The van der Waals surface area contributed by atoms with E-state index in [2.05, 4.69) is 15.2 Å². The molecule has 0 fully saturated rings. The highest BCUT2D eigenvalue weighted by atomic mass is 35.5. The Morgan fingerprint density at radius 1 is 1.33 bits per heavy atom. The Bertz CT molecular complexity index is 904. The van der Waals surface area contributed by atoms with E-state index in [1.165, 1.54) is 4.68 Å². The van der Waals surface area contributed by atoms with Crippen LogP contribution >= 0.6 is 23.2 Å². The predicted octanol–water partition coefficient (Wildman–Crippen LogP) is 3.44. The molecule has 0 aliphatic heterocycles. The lowest BCUT2D eigenvalue weighted by Crippen LogP contribution is -2.07. The first-order chi connectivity index (χ1) is 11.5. The van der Waals surface area contributed by atoms with Gasteiger partial charge in [0.2, 0.25) is 5.82 Å². The zero-order valence-corrected chi connectivity index (χ0v) is 14.3. The number of aromatic nitrogens is 4. The molecule has 0 saturated heterocycles. The third-order valence-corrected chi connectivity index (χ3v) is 4.02. The number of hydrogen-bond acceptors (Lipinski definition) is 6. The van der Waals surface area contributed by atoms with E-state index in [0.717, 1.165) is 0 Å². The van der Waals surface area contributed by atoms with E-state index in [-0.39, 0.29) is 29.0 Å². The number of rotatable bonds is 4. The van der Waals surface area contributed by atoms with E-state index in [4.69, 9.17) is 32.5 Å². The highest BCUT2D eigenvalue weighted by Crippen LogP contribution is 2.26. The normalized spacial score (nSPS) is 10.8. The molecule has 1 aromatic carbocycles. The second kappa shape index (κ2) is 6.62. The molecular weight excluding hydrogens is 355 g/mol. The van der Waals surface area contributed by atoms with Crippen molar-refractivity contribution in [3.8, 4) is 11.5 Å². The average Bonchev–Trinajstić information content (AvgIpc) is 3.11. The summed E-state index contributed by atoms with van der Waals surface area (Å²) in [6.07, 6.45) is 0. The number of carbonyl (C=O) groups excluding carboxylic acids is 1. The summed E-state index contributed by atoms with van der Waals surface area (Å²) in [4.78, 5) is 16.3. The molecule has 0 amide bonds. The SMILES string of the molecule is Cc1nn(C)c(Cl)c1C(=O)OCc1noc(-c2ccccc2Cl)n1. The van der Waals surface area contributed by atoms with E-state index >= 15 is 0 Å². The van der Waals surface area contributed by atoms with Crippen LogP contribution in [-0.2, 0) is 18.4 Å². The van der Waals surface area contributed by atoms with Gasteiger partial charge in [-0.3, -0.25) is 4.68 Å². The standard InChI is InChI=1S/C15H12Cl2N4O3/c1-8-12(13(17)21(2)19-8)15(22)23-7-11-18-14(24-20-11)9-5-3-4-6-10(9)16/h3-6H,7H2,1-2H3. The second-order valence-electron chi connectivity index (χ2n) is 4.95. The fourth-order valence-electron chi connectivity index (χ4n) is 2.12. The molecule has 0 atom stereocenters. The third-order valence-electron chi connectivity index (χ3n) is 3.26. The fraction of sp³-hybridized carbons (Fsp3) is 0.200. The molecule has 0 spiro atoms. The van der Waals surface area contributed by atoms with Crippen LogP contribution in [0.15, 0.2) is 28.8 Å². The summed E-state index contributed by atoms with van der Waals surface area (Å²) in [5, 5.41) is 8.53. The van der Waals surface area contributed by atoms with Gasteiger partial charge in [0.15, 0.2) is 6.61 Å². The molecular formula is C15H12Cl2N4O3. The van der Waals surface area contributed by atoms with Crippen LogP contribution in [0.3, 0.4) is 0 Å². The average molecular weight is 367 g/mol. The van der Waals surface area contributed by atoms with Crippen LogP contribution < -0.4 is 0 Å². The van der Waals surface area contributed by atoms with Gasteiger partial charge in [-0.1, -0.05) is 40.5 Å². The number of ether oxygens (including phenoxy) is 1. The van der Waals surface area contributed by atoms with Crippen molar-refractivity contribution in [2.24, 2.45) is 7.05 Å². The van der Waals surface area contributed by atoms with Gasteiger partial charge in [-0.25, -0.2) is 4.79 Å². The van der Waals surface area contributed by atoms with Gasteiger partial charge < -0.3 is 9.26 Å². The summed E-state index contributed by atoms with van der Waals surface area (Å²) >= 11 is 12.1. The Morgan fingerprint density at radius 3 is 2.75 bits per heavy atom. The van der Waals surface area contributed by atoms with Gasteiger partial charge in [-0.15, -0.1) is 0 Å². The Hall–Kier alpha value is -2.38. The lowest BCUT2D eigenvalue weighted by molar-refractivity contribution is 0.0459. The summed E-state index contributed by atoms with van der Waals surface area (Å²) < 4.78 is 11.7. The van der Waals surface area contributed by atoms with Crippen LogP contribution in [0, 0.1) is 6.92 Å². The molecule has 124 valence electrons. The molecule has 3 rings (SSSR count). The van der Waals surface area contributed by atoms with Crippen LogP contribution in [0.2, 0.25) is 10.2 Å². The molecule has 7 nitrogen and oxygen atoms in total. The maximum Gasteiger partial charge on any atom is 0.343 e. The van der Waals surface area contributed by atoms with Crippen LogP contribution in [0.5, 0.6) is 0 Å². The number of aryl methyl sites for hydroxylation is 2. The number of nitrogens with zero attached hydrogens (tertiary/aromatic N) is 4. The first kappa shape index (κ1) is 16.5. The number of esters is 1. The first-order valence-electron chi connectivity index (χ1n) is 6.91. The van der Waals surface area contributed by atoms with Gasteiger partial charge in [0.25, 0.3) is 5.89 Å². The molecule has 0 aliphatic carbocycles. The summed E-state index contributed by atoms with van der Waals surface area (Å²) in [6.45, 7) is 1.52. The molecule has 2 aromatic heterocycles. The van der Waals surface area contributed by atoms with E-state index in [1.54, 1.807) is 38.2 Å². The summed E-state index contributed by atoms with van der Waals surface area (Å²) in [6, 6.07) is 7.07. The number of hydrogen-bond donors (Lipinski definition) is 0. The number of benzene rings is 1. The Labute approximate surface area is 147 Å². The zero-order valence-electron chi connectivity index (χ0n) is 12.8. The Kier molecular flexibility index (Phi) is 4.55. The van der Waals surface area contributed by atoms with Crippen molar-refractivity contribution >= 4 is 29.2 Å². The van der Waals surface area contributed by atoms with Crippen LogP contribution in [-0.4, -0.2) is 25.9 Å². The second-order valence-corrected chi connectivity index (χ2v) is 5.71. The molecule has 0 aliphatic rings. The van der Waals surface area contributed by atoms with Gasteiger partial charge in [-0.2, -0.15) is 10.1 Å². The smallest absolute Gasteiger partial charge is 0.343 e. The van der Waals surface area contributed by atoms with Crippen molar-refractivity contribution in [1.82, 2.24) is 19.9 Å². The van der Waals surface area contributed by atoms with Crippen molar-refractivity contribution in [1.29, 1.82) is 0 Å².